The first-order valence-corrected chi connectivity index (χ1v) is 9.29. The minimum atomic E-state index is -3.49. The van der Waals surface area contributed by atoms with Crippen molar-refractivity contribution in [3.8, 4) is 0 Å². The topological polar surface area (TPSA) is 102 Å². The van der Waals surface area contributed by atoms with Gasteiger partial charge in [0.05, 0.1) is 10.6 Å². The number of benzene rings is 1. The standard InChI is InChI=1S/C15H18FN3O4S/c1-3-4-13-18-15(23-19-13)8-7-14(20)17-12-9-10(24(2,21)22)5-6-11(12)16/h5-6,9H,3-4,7-8H2,1-2H3,(H,17,20). The van der Waals surface area contributed by atoms with Gasteiger partial charge in [-0.15, -0.1) is 0 Å². The first-order chi connectivity index (χ1) is 11.3. The molecule has 0 aliphatic heterocycles. The van der Waals surface area contributed by atoms with Crippen LogP contribution in [0.25, 0.3) is 0 Å². The van der Waals surface area contributed by atoms with Gasteiger partial charge in [-0.1, -0.05) is 12.1 Å². The largest absolute Gasteiger partial charge is 0.339 e. The van der Waals surface area contributed by atoms with Gasteiger partial charge in [0.25, 0.3) is 0 Å². The highest BCUT2D eigenvalue weighted by molar-refractivity contribution is 7.90. The fourth-order valence-corrected chi connectivity index (χ4v) is 2.63. The van der Waals surface area contributed by atoms with Gasteiger partial charge >= 0.3 is 0 Å². The summed E-state index contributed by atoms with van der Waals surface area (Å²) in [6.45, 7) is 1.99. The number of halogens is 1. The van der Waals surface area contributed by atoms with Crippen LogP contribution in [0.2, 0.25) is 0 Å². The molecule has 2 aromatic rings. The SMILES string of the molecule is CCCc1noc(CCC(=O)Nc2cc(S(C)(=O)=O)ccc2F)n1. The van der Waals surface area contributed by atoms with E-state index in [9.17, 15) is 17.6 Å². The number of carbonyl (C=O) groups excluding carboxylic acids is 1. The van der Waals surface area contributed by atoms with E-state index in [0.717, 1.165) is 30.9 Å². The number of carbonyl (C=O) groups is 1. The predicted molar refractivity (Wildman–Crippen MR) is 84.8 cm³/mol. The Morgan fingerprint density at radius 3 is 2.75 bits per heavy atom. The van der Waals surface area contributed by atoms with E-state index in [1.165, 1.54) is 0 Å². The third-order valence-corrected chi connectivity index (χ3v) is 4.30. The summed E-state index contributed by atoms with van der Waals surface area (Å²) in [4.78, 5) is 16.0. The second kappa shape index (κ2) is 7.52. The summed E-state index contributed by atoms with van der Waals surface area (Å²) in [7, 11) is -3.49. The number of nitrogens with one attached hydrogen (secondary N) is 1. The van der Waals surface area contributed by atoms with Gasteiger partial charge < -0.3 is 9.84 Å². The van der Waals surface area contributed by atoms with Gasteiger partial charge in [-0.2, -0.15) is 4.98 Å². The Balaban J connectivity index is 1.99. The van der Waals surface area contributed by atoms with Crippen LogP contribution in [0, 0.1) is 5.82 Å². The van der Waals surface area contributed by atoms with Crippen molar-refractivity contribution in [3.05, 3.63) is 35.7 Å². The fraction of sp³-hybridized carbons (Fsp3) is 0.400. The van der Waals surface area contributed by atoms with Gasteiger partial charge in [0.1, 0.15) is 5.82 Å². The van der Waals surface area contributed by atoms with Crippen LogP contribution in [-0.2, 0) is 27.5 Å². The van der Waals surface area contributed by atoms with Crippen LogP contribution in [0.5, 0.6) is 0 Å². The Kier molecular flexibility index (Phi) is 5.66. The van der Waals surface area contributed by atoms with Crippen molar-refractivity contribution in [2.75, 3.05) is 11.6 Å². The highest BCUT2D eigenvalue weighted by atomic mass is 32.2. The number of rotatable bonds is 7. The first kappa shape index (κ1) is 18.1. The van der Waals surface area contributed by atoms with Crippen molar-refractivity contribution >= 4 is 21.4 Å². The highest BCUT2D eigenvalue weighted by Crippen LogP contribution is 2.20. The average Bonchev–Trinajstić information content (AvgIpc) is 2.94. The molecule has 0 spiro atoms. The van der Waals surface area contributed by atoms with Crippen molar-refractivity contribution in [2.24, 2.45) is 0 Å². The van der Waals surface area contributed by atoms with E-state index in [1.807, 2.05) is 6.92 Å². The normalized spacial score (nSPS) is 11.5. The maximum Gasteiger partial charge on any atom is 0.227 e. The third-order valence-electron chi connectivity index (χ3n) is 3.19. The molecule has 24 heavy (non-hydrogen) atoms. The predicted octanol–water partition coefficient (Wildman–Crippen LogP) is 2.14. The zero-order chi connectivity index (χ0) is 17.7. The lowest BCUT2D eigenvalue weighted by molar-refractivity contribution is -0.116. The van der Waals surface area contributed by atoms with Gasteiger partial charge in [-0.25, -0.2) is 12.8 Å². The van der Waals surface area contributed by atoms with E-state index in [4.69, 9.17) is 4.52 Å². The maximum atomic E-state index is 13.7. The molecule has 0 saturated heterocycles. The second-order valence-electron chi connectivity index (χ2n) is 5.32. The first-order valence-electron chi connectivity index (χ1n) is 7.40. The van der Waals surface area contributed by atoms with E-state index < -0.39 is 21.6 Å². The van der Waals surface area contributed by atoms with E-state index in [2.05, 4.69) is 15.5 Å². The lowest BCUT2D eigenvalue weighted by Gasteiger charge is -2.07. The number of hydrogen-bond donors (Lipinski definition) is 1. The lowest BCUT2D eigenvalue weighted by atomic mass is 10.2. The van der Waals surface area contributed by atoms with Crippen LogP contribution in [0.4, 0.5) is 10.1 Å². The molecule has 0 radical (unpaired) electrons. The smallest absolute Gasteiger partial charge is 0.227 e. The molecule has 0 bridgehead atoms. The van der Waals surface area contributed by atoms with Crippen LogP contribution >= 0.6 is 0 Å². The molecular weight excluding hydrogens is 337 g/mol. The minimum Gasteiger partial charge on any atom is -0.339 e. The summed E-state index contributed by atoms with van der Waals surface area (Å²) in [6.07, 6.45) is 2.82. The molecule has 2 rings (SSSR count). The molecule has 0 aliphatic carbocycles. The van der Waals surface area contributed by atoms with Crippen molar-refractivity contribution < 1.29 is 22.1 Å². The molecule has 1 aromatic carbocycles. The maximum absolute atomic E-state index is 13.7. The van der Waals surface area contributed by atoms with Crippen LogP contribution in [-0.4, -0.2) is 30.7 Å². The number of sulfone groups is 1. The molecule has 0 unspecified atom stereocenters. The van der Waals surface area contributed by atoms with Gasteiger partial charge in [0.2, 0.25) is 11.8 Å². The minimum absolute atomic E-state index is 0.0102. The van der Waals surface area contributed by atoms with Crippen LogP contribution in [0.15, 0.2) is 27.6 Å². The molecule has 1 N–H and O–H groups in total. The molecular formula is C15H18FN3O4S. The van der Waals surface area contributed by atoms with E-state index in [0.29, 0.717) is 18.1 Å². The third kappa shape index (κ3) is 4.85. The van der Waals surface area contributed by atoms with Crippen molar-refractivity contribution in [1.82, 2.24) is 10.1 Å². The van der Waals surface area contributed by atoms with Gasteiger partial charge in [0, 0.05) is 25.5 Å². The van der Waals surface area contributed by atoms with E-state index in [-0.39, 0.29) is 23.4 Å². The Bertz CT molecular complexity index is 833. The molecule has 0 saturated carbocycles. The van der Waals surface area contributed by atoms with Crippen molar-refractivity contribution in [1.29, 1.82) is 0 Å². The van der Waals surface area contributed by atoms with Gasteiger partial charge in [-0.3, -0.25) is 4.79 Å². The second-order valence-corrected chi connectivity index (χ2v) is 7.33. The van der Waals surface area contributed by atoms with Gasteiger partial charge in [-0.05, 0) is 24.6 Å². The van der Waals surface area contributed by atoms with Gasteiger partial charge in [0.15, 0.2) is 15.7 Å². The number of aromatic nitrogens is 2. The number of amides is 1. The Morgan fingerprint density at radius 1 is 1.33 bits per heavy atom. The number of hydrogen-bond acceptors (Lipinski definition) is 6. The van der Waals surface area contributed by atoms with Crippen LogP contribution in [0.3, 0.4) is 0 Å². The van der Waals surface area contributed by atoms with E-state index >= 15 is 0 Å². The number of nitrogens with zero attached hydrogens (tertiary/aromatic N) is 2. The van der Waals surface area contributed by atoms with Crippen molar-refractivity contribution in [3.63, 3.8) is 0 Å². The molecule has 0 fully saturated rings. The average molecular weight is 355 g/mol. The summed E-state index contributed by atoms with van der Waals surface area (Å²) in [5, 5.41) is 6.13. The van der Waals surface area contributed by atoms with E-state index in [1.54, 1.807) is 0 Å². The lowest BCUT2D eigenvalue weighted by Crippen LogP contribution is -2.14. The summed E-state index contributed by atoms with van der Waals surface area (Å²) in [6, 6.07) is 3.24. The molecule has 7 nitrogen and oxygen atoms in total. The Labute approximate surface area is 139 Å². The number of aryl methyl sites for hydroxylation is 2. The molecule has 130 valence electrons. The molecule has 1 aromatic heterocycles. The summed E-state index contributed by atoms with van der Waals surface area (Å²) in [5.74, 6) is -0.271. The molecule has 0 atom stereocenters. The number of anilines is 1. The highest BCUT2D eigenvalue weighted by Gasteiger charge is 2.14. The van der Waals surface area contributed by atoms with Crippen molar-refractivity contribution in [2.45, 2.75) is 37.5 Å². The summed E-state index contributed by atoms with van der Waals surface area (Å²) < 4.78 is 41.7. The van der Waals surface area contributed by atoms with Crippen LogP contribution < -0.4 is 5.32 Å². The molecule has 0 aliphatic rings. The Morgan fingerprint density at radius 2 is 2.08 bits per heavy atom. The summed E-state index contributed by atoms with van der Waals surface area (Å²) >= 11 is 0. The quantitative estimate of drug-likeness (QED) is 0.764. The molecule has 9 heteroatoms. The molecule has 1 amide bonds. The Hall–Kier alpha value is -2.29. The summed E-state index contributed by atoms with van der Waals surface area (Å²) in [5.41, 5.74) is -0.180. The zero-order valence-corrected chi connectivity index (χ0v) is 14.2. The zero-order valence-electron chi connectivity index (χ0n) is 13.4. The van der Waals surface area contributed by atoms with Crippen LogP contribution in [0.1, 0.15) is 31.5 Å². The monoisotopic (exact) mass is 355 g/mol. The molecule has 1 heterocycles. The fourth-order valence-electron chi connectivity index (χ4n) is 1.98.